The van der Waals surface area contributed by atoms with Crippen LogP contribution >= 0.6 is 24.0 Å². The molecule has 0 radical (unpaired) electrons. The SMILES string of the molecule is Cc1cccc([C@H]2NCC[C@H]2N2C3CCC2COC3)c1Cl.Cl. The van der Waals surface area contributed by atoms with E-state index in [2.05, 4.69) is 35.3 Å². The number of benzene rings is 1. The van der Waals surface area contributed by atoms with E-state index in [1.54, 1.807) is 0 Å². The van der Waals surface area contributed by atoms with Crippen molar-refractivity contribution in [3.05, 3.63) is 34.3 Å². The Kier molecular flexibility index (Phi) is 5.01. The molecule has 5 heteroatoms. The maximum atomic E-state index is 6.58. The summed E-state index contributed by atoms with van der Waals surface area (Å²) in [6.07, 6.45) is 3.78. The fourth-order valence-corrected chi connectivity index (χ4v) is 4.68. The molecule has 1 aromatic rings. The Morgan fingerprint density at radius 2 is 1.91 bits per heavy atom. The minimum Gasteiger partial charge on any atom is -0.378 e. The van der Waals surface area contributed by atoms with Crippen LogP contribution in [-0.4, -0.2) is 42.8 Å². The van der Waals surface area contributed by atoms with Gasteiger partial charge in [0.2, 0.25) is 0 Å². The van der Waals surface area contributed by atoms with Gasteiger partial charge in [0.1, 0.15) is 0 Å². The van der Waals surface area contributed by atoms with Crippen molar-refractivity contribution in [2.45, 2.75) is 50.4 Å². The standard InChI is InChI=1S/C17H23ClN2O.ClH/c1-11-3-2-4-14(16(11)18)17-15(7-8-19-17)20-12-5-6-13(20)10-21-9-12;/h2-4,12-13,15,17,19H,5-10H2,1H3;1H/t12?,13?,15-,17-;/m1./s1. The molecular weight excluding hydrogens is 319 g/mol. The summed E-state index contributed by atoms with van der Waals surface area (Å²) in [5, 5.41) is 4.62. The Hall–Kier alpha value is -0.320. The first-order valence-corrected chi connectivity index (χ1v) is 8.47. The molecule has 0 aromatic heterocycles. The summed E-state index contributed by atoms with van der Waals surface area (Å²) in [7, 11) is 0. The van der Waals surface area contributed by atoms with Gasteiger partial charge in [-0.25, -0.2) is 0 Å². The Morgan fingerprint density at radius 1 is 1.18 bits per heavy atom. The summed E-state index contributed by atoms with van der Waals surface area (Å²) < 4.78 is 5.74. The molecule has 3 saturated heterocycles. The number of morpholine rings is 1. The highest BCUT2D eigenvalue weighted by Crippen LogP contribution is 2.40. The second kappa shape index (κ2) is 6.66. The predicted molar refractivity (Wildman–Crippen MR) is 92.1 cm³/mol. The van der Waals surface area contributed by atoms with Crippen molar-refractivity contribution < 1.29 is 4.74 Å². The van der Waals surface area contributed by atoms with Crippen LogP contribution in [0.2, 0.25) is 5.02 Å². The highest BCUT2D eigenvalue weighted by molar-refractivity contribution is 6.32. The number of rotatable bonds is 2. The van der Waals surface area contributed by atoms with Gasteiger partial charge in [0.15, 0.2) is 0 Å². The molecular formula is C17H24Cl2N2O. The minimum atomic E-state index is 0. The molecule has 122 valence electrons. The van der Waals surface area contributed by atoms with E-state index in [0.29, 0.717) is 24.2 Å². The highest BCUT2D eigenvalue weighted by atomic mass is 35.5. The molecule has 3 fully saturated rings. The van der Waals surface area contributed by atoms with Crippen LogP contribution in [0.1, 0.15) is 36.4 Å². The molecule has 4 rings (SSSR count). The van der Waals surface area contributed by atoms with Gasteiger partial charge in [0, 0.05) is 29.2 Å². The summed E-state index contributed by atoms with van der Waals surface area (Å²) in [6.45, 7) is 4.98. The van der Waals surface area contributed by atoms with E-state index in [1.807, 2.05) is 0 Å². The van der Waals surface area contributed by atoms with Gasteiger partial charge >= 0.3 is 0 Å². The average molecular weight is 343 g/mol. The molecule has 3 aliphatic heterocycles. The van der Waals surface area contributed by atoms with Crippen LogP contribution in [0, 0.1) is 6.92 Å². The van der Waals surface area contributed by atoms with Crippen molar-refractivity contribution in [1.29, 1.82) is 0 Å². The zero-order valence-corrected chi connectivity index (χ0v) is 14.5. The zero-order valence-electron chi connectivity index (χ0n) is 12.9. The quantitative estimate of drug-likeness (QED) is 0.891. The van der Waals surface area contributed by atoms with Crippen LogP contribution in [0.4, 0.5) is 0 Å². The Morgan fingerprint density at radius 3 is 2.64 bits per heavy atom. The fourth-order valence-electron chi connectivity index (χ4n) is 4.44. The number of fused-ring (bicyclic) bond motifs is 2. The molecule has 4 atom stereocenters. The first-order chi connectivity index (χ1) is 10.3. The summed E-state index contributed by atoms with van der Waals surface area (Å²) >= 11 is 6.58. The number of halogens is 2. The molecule has 1 N–H and O–H groups in total. The van der Waals surface area contributed by atoms with Gasteiger partial charge in [0.05, 0.1) is 13.2 Å². The van der Waals surface area contributed by atoms with E-state index in [-0.39, 0.29) is 12.4 Å². The van der Waals surface area contributed by atoms with Gasteiger partial charge in [0.25, 0.3) is 0 Å². The van der Waals surface area contributed by atoms with Gasteiger partial charge in [-0.2, -0.15) is 0 Å². The van der Waals surface area contributed by atoms with Crippen molar-refractivity contribution in [3.63, 3.8) is 0 Å². The van der Waals surface area contributed by atoms with Crippen molar-refractivity contribution in [2.75, 3.05) is 19.8 Å². The molecule has 3 nitrogen and oxygen atoms in total. The van der Waals surface area contributed by atoms with Crippen LogP contribution < -0.4 is 5.32 Å². The maximum Gasteiger partial charge on any atom is 0.0622 e. The Bertz CT molecular complexity index is 523. The summed E-state index contributed by atoms with van der Waals surface area (Å²) in [5.74, 6) is 0. The number of ether oxygens (including phenoxy) is 1. The minimum absolute atomic E-state index is 0. The number of hydrogen-bond acceptors (Lipinski definition) is 3. The van der Waals surface area contributed by atoms with Crippen LogP contribution in [0.15, 0.2) is 18.2 Å². The lowest BCUT2D eigenvalue weighted by Gasteiger charge is -2.41. The number of aryl methyl sites for hydroxylation is 1. The molecule has 1 aromatic carbocycles. The van der Waals surface area contributed by atoms with Crippen LogP contribution in [0.25, 0.3) is 0 Å². The van der Waals surface area contributed by atoms with Gasteiger partial charge in [-0.15, -0.1) is 12.4 Å². The third-order valence-corrected chi connectivity index (χ3v) is 5.94. The number of nitrogens with zero attached hydrogens (tertiary/aromatic N) is 1. The lowest BCUT2D eigenvalue weighted by molar-refractivity contribution is -0.0387. The predicted octanol–water partition coefficient (Wildman–Crippen LogP) is 3.34. The molecule has 0 amide bonds. The monoisotopic (exact) mass is 342 g/mol. The molecule has 3 aliphatic rings. The van der Waals surface area contributed by atoms with Crippen LogP contribution in [0.5, 0.6) is 0 Å². The molecule has 22 heavy (non-hydrogen) atoms. The summed E-state index contributed by atoms with van der Waals surface area (Å²) in [6, 6.07) is 8.55. The zero-order chi connectivity index (χ0) is 14.4. The van der Waals surface area contributed by atoms with Crippen LogP contribution in [0.3, 0.4) is 0 Å². The maximum absolute atomic E-state index is 6.58. The van der Waals surface area contributed by atoms with E-state index in [1.165, 1.54) is 30.4 Å². The lowest BCUT2D eigenvalue weighted by atomic mass is 9.96. The Labute approximate surface area is 143 Å². The van der Waals surface area contributed by atoms with E-state index in [0.717, 1.165) is 24.8 Å². The molecule has 0 aliphatic carbocycles. The van der Waals surface area contributed by atoms with E-state index in [4.69, 9.17) is 16.3 Å². The molecule has 0 saturated carbocycles. The largest absolute Gasteiger partial charge is 0.378 e. The third kappa shape index (κ3) is 2.67. The third-order valence-electron chi connectivity index (χ3n) is 5.43. The lowest BCUT2D eigenvalue weighted by Crippen LogP contribution is -2.52. The molecule has 3 heterocycles. The second-order valence-corrected chi connectivity index (χ2v) is 7.01. The number of hydrogen-bond donors (Lipinski definition) is 1. The first-order valence-electron chi connectivity index (χ1n) is 8.09. The van der Waals surface area contributed by atoms with Gasteiger partial charge < -0.3 is 10.1 Å². The number of nitrogens with one attached hydrogen (secondary N) is 1. The second-order valence-electron chi connectivity index (χ2n) is 6.64. The normalized spacial score (nSPS) is 34.6. The van der Waals surface area contributed by atoms with Crippen molar-refractivity contribution in [3.8, 4) is 0 Å². The highest BCUT2D eigenvalue weighted by Gasteiger charge is 2.45. The molecule has 2 unspecified atom stereocenters. The average Bonchev–Trinajstić information content (AvgIpc) is 3.03. The summed E-state index contributed by atoms with van der Waals surface area (Å²) in [4.78, 5) is 2.74. The van der Waals surface area contributed by atoms with Gasteiger partial charge in [-0.3, -0.25) is 4.90 Å². The van der Waals surface area contributed by atoms with Crippen LogP contribution in [-0.2, 0) is 4.74 Å². The van der Waals surface area contributed by atoms with E-state index < -0.39 is 0 Å². The summed E-state index contributed by atoms with van der Waals surface area (Å²) in [5.41, 5.74) is 2.44. The molecule has 2 bridgehead atoms. The van der Waals surface area contributed by atoms with Gasteiger partial charge in [-0.05, 0) is 43.9 Å². The van der Waals surface area contributed by atoms with Crippen molar-refractivity contribution >= 4 is 24.0 Å². The molecule has 0 spiro atoms. The van der Waals surface area contributed by atoms with E-state index >= 15 is 0 Å². The van der Waals surface area contributed by atoms with Crippen molar-refractivity contribution in [1.82, 2.24) is 10.2 Å². The topological polar surface area (TPSA) is 24.5 Å². The fraction of sp³-hybridized carbons (Fsp3) is 0.647. The smallest absolute Gasteiger partial charge is 0.0622 e. The van der Waals surface area contributed by atoms with Crippen molar-refractivity contribution in [2.24, 2.45) is 0 Å². The Balaban J connectivity index is 0.00000144. The van der Waals surface area contributed by atoms with Gasteiger partial charge in [-0.1, -0.05) is 29.8 Å². The first kappa shape index (κ1) is 16.5. The van der Waals surface area contributed by atoms with E-state index in [9.17, 15) is 0 Å².